The SMILES string of the molecule is Oc1cc(OCCCCc2ccccc2)ccc1[C@@H]1CCC[C@H](O)C1. The highest BCUT2D eigenvalue weighted by molar-refractivity contribution is 5.42. The predicted octanol–water partition coefficient (Wildman–Crippen LogP) is 4.81. The molecule has 1 saturated carbocycles. The first-order valence-electron chi connectivity index (χ1n) is 9.40. The van der Waals surface area contributed by atoms with Crippen molar-refractivity contribution in [2.45, 2.75) is 57.0 Å². The number of phenols is 1. The number of aliphatic hydroxyl groups excluding tert-OH is 1. The van der Waals surface area contributed by atoms with E-state index >= 15 is 0 Å². The van der Waals surface area contributed by atoms with Crippen molar-refractivity contribution in [3.63, 3.8) is 0 Å². The van der Waals surface area contributed by atoms with Crippen molar-refractivity contribution in [1.29, 1.82) is 0 Å². The van der Waals surface area contributed by atoms with E-state index in [9.17, 15) is 10.2 Å². The molecule has 1 aliphatic carbocycles. The first-order chi connectivity index (χ1) is 12.2. The summed E-state index contributed by atoms with van der Waals surface area (Å²) in [5.74, 6) is 1.27. The minimum atomic E-state index is -0.237. The molecule has 1 fully saturated rings. The Morgan fingerprint density at radius 3 is 2.60 bits per heavy atom. The maximum atomic E-state index is 10.3. The number of aromatic hydroxyl groups is 1. The van der Waals surface area contributed by atoms with Gasteiger partial charge in [-0.2, -0.15) is 0 Å². The van der Waals surface area contributed by atoms with E-state index in [-0.39, 0.29) is 12.0 Å². The Kier molecular flexibility index (Phi) is 6.35. The van der Waals surface area contributed by atoms with Gasteiger partial charge in [-0.3, -0.25) is 0 Å². The number of unbranched alkanes of at least 4 members (excludes halogenated alkanes) is 1. The normalized spacial score (nSPS) is 20.4. The molecule has 25 heavy (non-hydrogen) atoms. The zero-order valence-electron chi connectivity index (χ0n) is 14.7. The van der Waals surface area contributed by atoms with Gasteiger partial charge in [0.05, 0.1) is 12.7 Å². The summed E-state index contributed by atoms with van der Waals surface area (Å²) >= 11 is 0. The van der Waals surface area contributed by atoms with Crippen LogP contribution in [0.3, 0.4) is 0 Å². The van der Waals surface area contributed by atoms with Crippen molar-refractivity contribution in [3.8, 4) is 11.5 Å². The van der Waals surface area contributed by atoms with E-state index in [0.29, 0.717) is 12.4 Å². The molecule has 2 aromatic rings. The van der Waals surface area contributed by atoms with Gasteiger partial charge >= 0.3 is 0 Å². The molecule has 0 saturated heterocycles. The molecular formula is C22H28O3. The Morgan fingerprint density at radius 2 is 1.84 bits per heavy atom. The Hall–Kier alpha value is -2.00. The van der Waals surface area contributed by atoms with E-state index in [1.54, 1.807) is 6.07 Å². The molecule has 2 atom stereocenters. The largest absolute Gasteiger partial charge is 0.508 e. The number of phenolic OH excluding ortho intramolecular Hbond substituents is 1. The van der Waals surface area contributed by atoms with Crippen LogP contribution in [0.2, 0.25) is 0 Å². The number of hydrogen-bond donors (Lipinski definition) is 2. The maximum absolute atomic E-state index is 10.3. The fourth-order valence-corrected chi connectivity index (χ4v) is 3.67. The Labute approximate surface area is 150 Å². The monoisotopic (exact) mass is 340 g/mol. The van der Waals surface area contributed by atoms with Crippen LogP contribution in [0.1, 0.15) is 55.6 Å². The number of ether oxygens (including phenoxy) is 1. The highest BCUT2D eigenvalue weighted by Gasteiger charge is 2.23. The smallest absolute Gasteiger partial charge is 0.122 e. The highest BCUT2D eigenvalue weighted by Crippen LogP contribution is 2.38. The number of hydrogen-bond acceptors (Lipinski definition) is 3. The summed E-state index contributed by atoms with van der Waals surface area (Å²) in [6.45, 7) is 0.660. The van der Waals surface area contributed by atoms with E-state index in [0.717, 1.165) is 56.3 Å². The van der Waals surface area contributed by atoms with Crippen LogP contribution < -0.4 is 4.74 Å². The predicted molar refractivity (Wildman–Crippen MR) is 100 cm³/mol. The van der Waals surface area contributed by atoms with Crippen molar-refractivity contribution < 1.29 is 14.9 Å². The zero-order valence-corrected chi connectivity index (χ0v) is 14.7. The summed E-state index contributed by atoms with van der Waals surface area (Å²) in [7, 11) is 0. The summed E-state index contributed by atoms with van der Waals surface area (Å²) in [4.78, 5) is 0. The summed E-state index contributed by atoms with van der Waals surface area (Å²) < 4.78 is 5.78. The summed E-state index contributed by atoms with van der Waals surface area (Å²) in [5.41, 5.74) is 2.30. The van der Waals surface area contributed by atoms with Gasteiger partial charge in [-0.25, -0.2) is 0 Å². The molecule has 1 aliphatic rings. The van der Waals surface area contributed by atoms with Gasteiger partial charge < -0.3 is 14.9 Å². The molecule has 134 valence electrons. The molecule has 0 amide bonds. The van der Waals surface area contributed by atoms with Gasteiger partial charge in [-0.1, -0.05) is 42.8 Å². The summed E-state index contributed by atoms with van der Waals surface area (Å²) in [6.07, 6.45) is 6.58. The van der Waals surface area contributed by atoms with Crippen molar-refractivity contribution in [2.75, 3.05) is 6.61 Å². The van der Waals surface area contributed by atoms with Gasteiger partial charge in [0.15, 0.2) is 0 Å². The Morgan fingerprint density at radius 1 is 1.00 bits per heavy atom. The van der Waals surface area contributed by atoms with Crippen LogP contribution in [-0.4, -0.2) is 22.9 Å². The van der Waals surface area contributed by atoms with Crippen molar-refractivity contribution in [3.05, 3.63) is 59.7 Å². The van der Waals surface area contributed by atoms with Gasteiger partial charge in [0.2, 0.25) is 0 Å². The first kappa shape index (κ1) is 17.8. The molecule has 0 unspecified atom stereocenters. The Balaban J connectivity index is 1.44. The molecule has 0 aliphatic heterocycles. The summed E-state index contributed by atoms with van der Waals surface area (Å²) in [6, 6.07) is 16.1. The fraction of sp³-hybridized carbons (Fsp3) is 0.455. The van der Waals surface area contributed by atoms with Crippen molar-refractivity contribution in [2.24, 2.45) is 0 Å². The molecular weight excluding hydrogens is 312 g/mol. The first-order valence-corrected chi connectivity index (χ1v) is 9.40. The average molecular weight is 340 g/mol. The lowest BCUT2D eigenvalue weighted by Crippen LogP contribution is -2.18. The second-order valence-corrected chi connectivity index (χ2v) is 7.03. The second kappa shape index (κ2) is 8.91. The van der Waals surface area contributed by atoms with E-state index < -0.39 is 0 Å². The molecule has 0 heterocycles. The lowest BCUT2D eigenvalue weighted by Gasteiger charge is -2.26. The Bertz CT molecular complexity index is 654. The van der Waals surface area contributed by atoms with E-state index in [2.05, 4.69) is 24.3 Å². The third-order valence-corrected chi connectivity index (χ3v) is 5.06. The van der Waals surface area contributed by atoms with Crippen LogP contribution in [0.4, 0.5) is 0 Å². The van der Waals surface area contributed by atoms with E-state index in [1.807, 2.05) is 18.2 Å². The van der Waals surface area contributed by atoms with Crippen LogP contribution >= 0.6 is 0 Å². The van der Waals surface area contributed by atoms with Crippen LogP contribution in [0.25, 0.3) is 0 Å². The van der Waals surface area contributed by atoms with Gasteiger partial charge in [0.1, 0.15) is 11.5 Å². The summed E-state index contributed by atoms with van der Waals surface area (Å²) in [5, 5.41) is 20.1. The lowest BCUT2D eigenvalue weighted by atomic mass is 9.82. The van der Waals surface area contributed by atoms with Gasteiger partial charge in [-0.15, -0.1) is 0 Å². The van der Waals surface area contributed by atoms with Crippen LogP contribution in [0.15, 0.2) is 48.5 Å². The van der Waals surface area contributed by atoms with Crippen LogP contribution in [0, 0.1) is 0 Å². The van der Waals surface area contributed by atoms with Crippen LogP contribution in [0.5, 0.6) is 11.5 Å². The van der Waals surface area contributed by atoms with E-state index in [1.165, 1.54) is 5.56 Å². The standard InChI is InChI=1S/C22H28O3/c23-19-11-6-10-18(15-19)21-13-12-20(16-22(21)24)25-14-5-4-9-17-7-2-1-3-8-17/h1-3,7-8,12-13,16,18-19,23-24H,4-6,9-11,14-15H2/t18-,19+/m1/s1. The third-order valence-electron chi connectivity index (χ3n) is 5.06. The molecule has 0 bridgehead atoms. The molecule has 2 aromatic carbocycles. The molecule has 0 radical (unpaired) electrons. The van der Waals surface area contributed by atoms with E-state index in [4.69, 9.17) is 4.74 Å². The lowest BCUT2D eigenvalue weighted by molar-refractivity contribution is 0.119. The number of rotatable bonds is 7. The zero-order chi connectivity index (χ0) is 17.5. The van der Waals surface area contributed by atoms with Gasteiger partial charge in [0, 0.05) is 6.07 Å². The van der Waals surface area contributed by atoms with Gasteiger partial charge in [-0.05, 0) is 61.6 Å². The average Bonchev–Trinajstić information content (AvgIpc) is 2.62. The quantitative estimate of drug-likeness (QED) is 0.711. The molecule has 3 heteroatoms. The number of aliphatic hydroxyl groups is 1. The molecule has 3 rings (SSSR count). The third kappa shape index (κ3) is 5.23. The minimum Gasteiger partial charge on any atom is -0.508 e. The molecule has 3 nitrogen and oxygen atoms in total. The van der Waals surface area contributed by atoms with Crippen molar-refractivity contribution in [1.82, 2.24) is 0 Å². The maximum Gasteiger partial charge on any atom is 0.122 e. The molecule has 0 spiro atoms. The van der Waals surface area contributed by atoms with Crippen LogP contribution in [-0.2, 0) is 6.42 Å². The minimum absolute atomic E-state index is 0.237. The second-order valence-electron chi connectivity index (χ2n) is 7.03. The molecule has 0 aromatic heterocycles. The molecule has 2 N–H and O–H groups in total. The highest BCUT2D eigenvalue weighted by atomic mass is 16.5. The number of benzene rings is 2. The number of aryl methyl sites for hydroxylation is 1. The van der Waals surface area contributed by atoms with Gasteiger partial charge in [0.25, 0.3) is 0 Å². The fourth-order valence-electron chi connectivity index (χ4n) is 3.67. The van der Waals surface area contributed by atoms with Crippen molar-refractivity contribution >= 4 is 0 Å². The topological polar surface area (TPSA) is 49.7 Å².